The standard InChI is InChI=1S/C13H26/c1-3-4-8-13-9-6-5-7-12(2)10-11-13/h12-13H,3-11H2,1-2H3. The van der Waals surface area contributed by atoms with Gasteiger partial charge in [0.05, 0.1) is 0 Å². The van der Waals surface area contributed by atoms with Crippen molar-refractivity contribution in [2.24, 2.45) is 11.8 Å². The van der Waals surface area contributed by atoms with E-state index in [-0.39, 0.29) is 0 Å². The third-order valence-electron chi connectivity index (χ3n) is 3.59. The molecule has 2 atom stereocenters. The summed E-state index contributed by atoms with van der Waals surface area (Å²) < 4.78 is 0. The fourth-order valence-electron chi connectivity index (χ4n) is 2.52. The van der Waals surface area contributed by atoms with Crippen LogP contribution in [0.25, 0.3) is 0 Å². The van der Waals surface area contributed by atoms with Gasteiger partial charge in [-0.3, -0.25) is 0 Å². The molecule has 0 bridgehead atoms. The van der Waals surface area contributed by atoms with Crippen molar-refractivity contribution in [3.05, 3.63) is 0 Å². The van der Waals surface area contributed by atoms with Gasteiger partial charge in [-0.05, 0) is 11.8 Å². The minimum absolute atomic E-state index is 1.00. The predicted molar refractivity (Wildman–Crippen MR) is 59.9 cm³/mol. The third-order valence-corrected chi connectivity index (χ3v) is 3.59. The lowest BCUT2D eigenvalue weighted by Crippen LogP contribution is -2.08. The lowest BCUT2D eigenvalue weighted by Gasteiger charge is -2.22. The summed E-state index contributed by atoms with van der Waals surface area (Å²) in [5, 5.41) is 0. The van der Waals surface area contributed by atoms with E-state index in [4.69, 9.17) is 0 Å². The van der Waals surface area contributed by atoms with Crippen molar-refractivity contribution >= 4 is 0 Å². The summed E-state index contributed by atoms with van der Waals surface area (Å²) in [6.07, 6.45) is 13.3. The fourth-order valence-corrected chi connectivity index (χ4v) is 2.52. The van der Waals surface area contributed by atoms with E-state index in [0.717, 1.165) is 11.8 Å². The van der Waals surface area contributed by atoms with Crippen LogP contribution in [0.15, 0.2) is 0 Å². The molecule has 0 N–H and O–H groups in total. The highest BCUT2D eigenvalue weighted by atomic mass is 14.2. The third kappa shape index (κ3) is 4.69. The van der Waals surface area contributed by atoms with Crippen LogP contribution in [0.3, 0.4) is 0 Å². The Bertz CT molecular complexity index is 115. The van der Waals surface area contributed by atoms with Gasteiger partial charge in [0.2, 0.25) is 0 Å². The maximum Gasteiger partial charge on any atom is -0.0414 e. The zero-order valence-electron chi connectivity index (χ0n) is 9.52. The lowest BCUT2D eigenvalue weighted by molar-refractivity contribution is 0.308. The van der Waals surface area contributed by atoms with Crippen LogP contribution >= 0.6 is 0 Å². The van der Waals surface area contributed by atoms with Crippen molar-refractivity contribution in [1.82, 2.24) is 0 Å². The van der Waals surface area contributed by atoms with Crippen LogP contribution in [0.4, 0.5) is 0 Å². The summed E-state index contributed by atoms with van der Waals surface area (Å²) >= 11 is 0. The molecule has 0 aromatic heterocycles. The van der Waals surface area contributed by atoms with Gasteiger partial charge in [0.1, 0.15) is 0 Å². The summed E-state index contributed by atoms with van der Waals surface area (Å²) in [6, 6.07) is 0. The second-order valence-electron chi connectivity index (χ2n) is 4.98. The second-order valence-corrected chi connectivity index (χ2v) is 4.98. The smallest absolute Gasteiger partial charge is 0.0414 e. The van der Waals surface area contributed by atoms with Crippen LogP contribution in [0.2, 0.25) is 0 Å². The van der Waals surface area contributed by atoms with E-state index in [1.54, 1.807) is 0 Å². The molecule has 2 unspecified atom stereocenters. The lowest BCUT2D eigenvalue weighted by atomic mass is 9.84. The first kappa shape index (κ1) is 11.1. The Hall–Kier alpha value is 0. The molecular formula is C13H26. The summed E-state index contributed by atoms with van der Waals surface area (Å²) in [4.78, 5) is 0. The number of unbranched alkanes of at least 4 members (excludes halogenated alkanes) is 1. The van der Waals surface area contributed by atoms with E-state index >= 15 is 0 Å². The maximum absolute atomic E-state index is 2.43. The zero-order chi connectivity index (χ0) is 9.52. The molecule has 0 spiro atoms. The molecule has 0 aromatic rings. The first-order valence-corrected chi connectivity index (χ1v) is 6.33. The number of hydrogen-bond acceptors (Lipinski definition) is 0. The average molecular weight is 182 g/mol. The van der Waals surface area contributed by atoms with Gasteiger partial charge in [0, 0.05) is 0 Å². The van der Waals surface area contributed by atoms with Crippen molar-refractivity contribution in [3.63, 3.8) is 0 Å². The van der Waals surface area contributed by atoms with Gasteiger partial charge in [0.25, 0.3) is 0 Å². The Morgan fingerprint density at radius 2 is 1.77 bits per heavy atom. The zero-order valence-corrected chi connectivity index (χ0v) is 9.52. The van der Waals surface area contributed by atoms with Crippen LogP contribution in [0, 0.1) is 11.8 Å². The van der Waals surface area contributed by atoms with Crippen LogP contribution in [-0.4, -0.2) is 0 Å². The van der Waals surface area contributed by atoms with Crippen LogP contribution in [0.5, 0.6) is 0 Å². The quantitative estimate of drug-likeness (QED) is 0.589. The van der Waals surface area contributed by atoms with Crippen molar-refractivity contribution in [1.29, 1.82) is 0 Å². The van der Waals surface area contributed by atoms with E-state index in [9.17, 15) is 0 Å². The van der Waals surface area contributed by atoms with Crippen molar-refractivity contribution < 1.29 is 0 Å². The average Bonchev–Trinajstić information content (AvgIpc) is 2.11. The highest BCUT2D eigenvalue weighted by molar-refractivity contribution is 4.66. The van der Waals surface area contributed by atoms with Crippen molar-refractivity contribution in [2.45, 2.75) is 71.6 Å². The SMILES string of the molecule is CCCCC1CCCCC(C)CC1. The first-order valence-electron chi connectivity index (χ1n) is 6.33. The van der Waals surface area contributed by atoms with Gasteiger partial charge in [-0.15, -0.1) is 0 Å². The summed E-state index contributed by atoms with van der Waals surface area (Å²) in [5.41, 5.74) is 0. The molecular weight excluding hydrogens is 156 g/mol. The fraction of sp³-hybridized carbons (Fsp3) is 1.00. The summed E-state index contributed by atoms with van der Waals surface area (Å²) in [6.45, 7) is 4.74. The molecule has 1 saturated carbocycles. The molecule has 78 valence electrons. The van der Waals surface area contributed by atoms with Crippen LogP contribution in [-0.2, 0) is 0 Å². The van der Waals surface area contributed by atoms with Gasteiger partial charge in [-0.1, -0.05) is 71.6 Å². The van der Waals surface area contributed by atoms with E-state index < -0.39 is 0 Å². The number of rotatable bonds is 3. The molecule has 1 aliphatic carbocycles. The van der Waals surface area contributed by atoms with E-state index in [1.807, 2.05) is 0 Å². The van der Waals surface area contributed by atoms with E-state index in [1.165, 1.54) is 57.8 Å². The van der Waals surface area contributed by atoms with Crippen LogP contribution in [0.1, 0.15) is 71.6 Å². The number of hydrogen-bond donors (Lipinski definition) is 0. The Morgan fingerprint density at radius 1 is 1.00 bits per heavy atom. The normalized spacial score (nSPS) is 30.9. The Morgan fingerprint density at radius 3 is 2.54 bits per heavy atom. The molecule has 0 heteroatoms. The van der Waals surface area contributed by atoms with Gasteiger partial charge < -0.3 is 0 Å². The Balaban J connectivity index is 2.20. The minimum Gasteiger partial charge on any atom is -0.0654 e. The van der Waals surface area contributed by atoms with Gasteiger partial charge in [0.15, 0.2) is 0 Å². The monoisotopic (exact) mass is 182 g/mol. The molecule has 0 nitrogen and oxygen atoms in total. The van der Waals surface area contributed by atoms with Gasteiger partial charge >= 0.3 is 0 Å². The maximum atomic E-state index is 2.43. The molecule has 1 aliphatic rings. The first-order chi connectivity index (χ1) is 6.33. The van der Waals surface area contributed by atoms with Crippen molar-refractivity contribution in [3.8, 4) is 0 Å². The molecule has 0 radical (unpaired) electrons. The summed E-state index contributed by atoms with van der Waals surface area (Å²) in [7, 11) is 0. The molecule has 0 heterocycles. The van der Waals surface area contributed by atoms with Gasteiger partial charge in [-0.2, -0.15) is 0 Å². The Labute approximate surface area is 84.1 Å². The summed E-state index contributed by atoms with van der Waals surface area (Å²) in [5.74, 6) is 2.08. The predicted octanol–water partition coefficient (Wildman–Crippen LogP) is 4.78. The molecule has 1 rings (SSSR count). The topological polar surface area (TPSA) is 0 Å². The molecule has 1 fully saturated rings. The minimum atomic E-state index is 1.00. The Kier molecular flexibility index (Phi) is 5.50. The van der Waals surface area contributed by atoms with E-state index in [2.05, 4.69) is 13.8 Å². The van der Waals surface area contributed by atoms with E-state index in [0.29, 0.717) is 0 Å². The highest BCUT2D eigenvalue weighted by Crippen LogP contribution is 2.28. The van der Waals surface area contributed by atoms with Crippen LogP contribution < -0.4 is 0 Å². The largest absolute Gasteiger partial charge is 0.0654 e. The molecule has 13 heavy (non-hydrogen) atoms. The van der Waals surface area contributed by atoms with Gasteiger partial charge in [-0.25, -0.2) is 0 Å². The molecule has 0 aliphatic heterocycles. The molecule has 0 amide bonds. The molecule has 0 aromatic carbocycles. The molecule has 0 saturated heterocycles. The highest BCUT2D eigenvalue weighted by Gasteiger charge is 2.13. The van der Waals surface area contributed by atoms with Crippen molar-refractivity contribution in [2.75, 3.05) is 0 Å². The second kappa shape index (κ2) is 6.45.